The Bertz CT molecular complexity index is 1120. The van der Waals surface area contributed by atoms with E-state index < -0.39 is 5.60 Å². The second-order valence-corrected chi connectivity index (χ2v) is 9.69. The zero-order chi connectivity index (χ0) is 23.5. The first kappa shape index (κ1) is 22.8. The van der Waals surface area contributed by atoms with Crippen molar-refractivity contribution in [3.8, 4) is 5.75 Å². The van der Waals surface area contributed by atoms with E-state index in [4.69, 9.17) is 9.47 Å². The third kappa shape index (κ3) is 5.23. The summed E-state index contributed by atoms with van der Waals surface area (Å²) in [4.78, 5) is 15.9. The fourth-order valence-corrected chi connectivity index (χ4v) is 4.73. The molecule has 2 aromatic heterocycles. The van der Waals surface area contributed by atoms with Crippen LogP contribution >= 0.6 is 0 Å². The molecule has 3 aromatic rings. The minimum absolute atomic E-state index is 0.138. The van der Waals surface area contributed by atoms with Crippen LogP contribution in [0, 0.1) is 0 Å². The molecule has 2 N–H and O–H groups in total. The number of nitrogens with one attached hydrogen (secondary N) is 1. The Morgan fingerprint density at radius 2 is 1.76 bits per heavy atom. The highest BCUT2D eigenvalue weighted by molar-refractivity contribution is 5.85. The normalized spacial score (nSPS) is 21.4. The number of rotatable bonds is 6. The molecule has 1 saturated heterocycles. The van der Waals surface area contributed by atoms with Crippen molar-refractivity contribution >= 4 is 22.5 Å². The van der Waals surface area contributed by atoms with Gasteiger partial charge in [0.1, 0.15) is 17.1 Å². The average Bonchev–Trinajstić information content (AvgIpc) is 2.85. The fraction of sp³-hybridized carbons (Fsp3) is 0.500. The van der Waals surface area contributed by atoms with E-state index in [1.54, 1.807) is 32.4 Å². The molecule has 0 amide bonds. The summed E-state index contributed by atoms with van der Waals surface area (Å²) in [5.41, 5.74) is 2.75. The fourth-order valence-electron chi connectivity index (χ4n) is 4.73. The molecule has 5 rings (SSSR count). The van der Waals surface area contributed by atoms with E-state index in [1.807, 2.05) is 12.1 Å². The Morgan fingerprint density at radius 3 is 2.53 bits per heavy atom. The minimum Gasteiger partial charge on any atom is -0.488 e. The van der Waals surface area contributed by atoms with Gasteiger partial charge < -0.3 is 24.8 Å². The highest BCUT2D eigenvalue weighted by Gasteiger charge is 2.25. The van der Waals surface area contributed by atoms with Gasteiger partial charge in [0, 0.05) is 49.5 Å². The molecule has 0 bridgehead atoms. The van der Waals surface area contributed by atoms with Crippen molar-refractivity contribution in [1.82, 2.24) is 15.0 Å². The molecule has 1 aliphatic heterocycles. The second kappa shape index (κ2) is 9.72. The van der Waals surface area contributed by atoms with Gasteiger partial charge in [-0.15, -0.1) is 0 Å². The zero-order valence-electron chi connectivity index (χ0n) is 19.9. The van der Waals surface area contributed by atoms with Gasteiger partial charge in [-0.2, -0.15) is 0 Å². The zero-order valence-corrected chi connectivity index (χ0v) is 19.9. The van der Waals surface area contributed by atoms with E-state index in [1.165, 1.54) is 0 Å². The monoisotopic (exact) mass is 463 g/mol. The predicted octanol–water partition coefficient (Wildman–Crippen LogP) is 3.89. The predicted molar refractivity (Wildman–Crippen MR) is 132 cm³/mol. The Kier molecular flexibility index (Phi) is 6.52. The Balaban J connectivity index is 1.25. The number of fused-ring (bicyclic) bond motifs is 1. The summed E-state index contributed by atoms with van der Waals surface area (Å²) in [6, 6.07) is 8.33. The Hall–Kier alpha value is -2.97. The lowest BCUT2D eigenvalue weighted by Gasteiger charge is -2.31. The van der Waals surface area contributed by atoms with Crippen molar-refractivity contribution in [1.29, 1.82) is 0 Å². The maximum Gasteiger partial charge on any atom is 0.149 e. The van der Waals surface area contributed by atoms with Crippen LogP contribution in [-0.2, 0) is 10.3 Å². The molecular formula is C26H33N5O3. The lowest BCUT2D eigenvalue weighted by atomic mass is 9.92. The van der Waals surface area contributed by atoms with E-state index in [0.29, 0.717) is 6.04 Å². The molecule has 0 atom stereocenters. The smallest absolute Gasteiger partial charge is 0.149 e. The number of ether oxygens (including phenoxy) is 2. The van der Waals surface area contributed by atoms with Crippen LogP contribution in [0.5, 0.6) is 5.75 Å². The van der Waals surface area contributed by atoms with E-state index in [0.717, 1.165) is 85.8 Å². The standard InChI is InChI=1S/C26H33N5O3/c1-26(2,32)18-7-8-28-24(15-18)30-19-3-5-21(6-4-19)34-23-17-20(31-11-13-33-14-12-31)16-22-25(23)29-10-9-27-22/h7-10,15-17,19,21,32H,3-6,11-14H2,1-2H3,(H,28,30)/t19-,21+. The molecule has 0 spiro atoms. The Labute approximate surface area is 200 Å². The summed E-state index contributed by atoms with van der Waals surface area (Å²) in [5, 5.41) is 13.8. The number of aromatic nitrogens is 3. The van der Waals surface area contributed by atoms with Gasteiger partial charge in [-0.1, -0.05) is 0 Å². The van der Waals surface area contributed by atoms with Crippen molar-refractivity contribution in [3.05, 3.63) is 48.4 Å². The molecule has 3 heterocycles. The highest BCUT2D eigenvalue weighted by Crippen LogP contribution is 2.33. The topological polar surface area (TPSA) is 92.6 Å². The molecule has 8 heteroatoms. The molecule has 1 aliphatic carbocycles. The highest BCUT2D eigenvalue weighted by atomic mass is 16.5. The number of nitrogens with zero attached hydrogens (tertiary/aromatic N) is 4. The van der Waals surface area contributed by atoms with Crippen molar-refractivity contribution in [3.63, 3.8) is 0 Å². The summed E-state index contributed by atoms with van der Waals surface area (Å²) >= 11 is 0. The second-order valence-electron chi connectivity index (χ2n) is 9.69. The first-order valence-corrected chi connectivity index (χ1v) is 12.2. The maximum absolute atomic E-state index is 10.3. The summed E-state index contributed by atoms with van der Waals surface area (Å²) in [6.45, 7) is 6.78. The lowest BCUT2D eigenvalue weighted by molar-refractivity contribution is 0.0785. The largest absolute Gasteiger partial charge is 0.488 e. The van der Waals surface area contributed by atoms with Gasteiger partial charge in [0.15, 0.2) is 0 Å². The summed E-state index contributed by atoms with van der Waals surface area (Å²) in [5.74, 6) is 1.62. The van der Waals surface area contributed by atoms with E-state index in [9.17, 15) is 5.11 Å². The number of aliphatic hydroxyl groups is 1. The van der Waals surface area contributed by atoms with Crippen LogP contribution in [0.2, 0.25) is 0 Å². The molecule has 2 fully saturated rings. The number of hydrogen-bond donors (Lipinski definition) is 2. The molecule has 8 nitrogen and oxygen atoms in total. The number of pyridine rings is 1. The molecule has 2 aliphatic rings. The number of morpholine rings is 1. The number of anilines is 2. The third-order valence-electron chi connectivity index (χ3n) is 6.69. The van der Waals surface area contributed by atoms with Crippen molar-refractivity contribution in [2.45, 2.75) is 57.3 Å². The van der Waals surface area contributed by atoms with Gasteiger partial charge in [0.05, 0.1) is 30.4 Å². The van der Waals surface area contributed by atoms with Crippen molar-refractivity contribution < 1.29 is 14.6 Å². The van der Waals surface area contributed by atoms with Crippen LogP contribution in [0.4, 0.5) is 11.5 Å². The van der Waals surface area contributed by atoms with E-state index in [-0.39, 0.29) is 6.10 Å². The van der Waals surface area contributed by atoms with Crippen LogP contribution < -0.4 is 15.0 Å². The van der Waals surface area contributed by atoms with Gasteiger partial charge >= 0.3 is 0 Å². The number of hydrogen-bond acceptors (Lipinski definition) is 8. The van der Waals surface area contributed by atoms with Gasteiger partial charge in [-0.3, -0.25) is 4.98 Å². The molecule has 0 unspecified atom stereocenters. The van der Waals surface area contributed by atoms with Crippen LogP contribution in [0.1, 0.15) is 45.1 Å². The molecular weight excluding hydrogens is 430 g/mol. The third-order valence-corrected chi connectivity index (χ3v) is 6.69. The van der Waals surface area contributed by atoms with Gasteiger partial charge in [-0.25, -0.2) is 9.97 Å². The first-order chi connectivity index (χ1) is 16.5. The van der Waals surface area contributed by atoms with Crippen LogP contribution in [0.25, 0.3) is 11.0 Å². The van der Waals surface area contributed by atoms with Crippen LogP contribution in [0.3, 0.4) is 0 Å². The first-order valence-electron chi connectivity index (χ1n) is 12.2. The summed E-state index contributed by atoms with van der Waals surface area (Å²) in [6.07, 6.45) is 9.22. The number of benzene rings is 1. The SMILES string of the molecule is CC(C)(O)c1ccnc(N[C@H]2CC[C@@H](Oc3cc(N4CCOCC4)cc4nccnc34)CC2)c1. The van der Waals surface area contributed by atoms with Gasteiger partial charge in [0.2, 0.25) is 0 Å². The van der Waals surface area contributed by atoms with Gasteiger partial charge in [-0.05, 0) is 63.3 Å². The molecule has 0 radical (unpaired) electrons. The summed E-state index contributed by atoms with van der Waals surface area (Å²) < 4.78 is 12.0. The lowest BCUT2D eigenvalue weighted by Crippen LogP contribution is -2.36. The van der Waals surface area contributed by atoms with Crippen LogP contribution in [-0.4, -0.2) is 58.5 Å². The average molecular weight is 464 g/mol. The molecule has 1 aromatic carbocycles. The van der Waals surface area contributed by atoms with Gasteiger partial charge in [0.25, 0.3) is 0 Å². The maximum atomic E-state index is 10.3. The molecule has 1 saturated carbocycles. The molecule has 180 valence electrons. The van der Waals surface area contributed by atoms with Crippen LogP contribution in [0.15, 0.2) is 42.9 Å². The Morgan fingerprint density at radius 1 is 1.00 bits per heavy atom. The van der Waals surface area contributed by atoms with E-state index >= 15 is 0 Å². The molecule has 34 heavy (non-hydrogen) atoms. The van der Waals surface area contributed by atoms with Crippen molar-refractivity contribution in [2.24, 2.45) is 0 Å². The quantitative estimate of drug-likeness (QED) is 0.569. The minimum atomic E-state index is -0.883. The van der Waals surface area contributed by atoms with Crippen molar-refractivity contribution in [2.75, 3.05) is 36.5 Å². The summed E-state index contributed by atoms with van der Waals surface area (Å²) in [7, 11) is 0. The van der Waals surface area contributed by atoms with E-state index in [2.05, 4.69) is 37.3 Å².